The van der Waals surface area contributed by atoms with Crippen molar-refractivity contribution < 1.29 is 4.80 Å². The van der Waals surface area contributed by atoms with Gasteiger partial charge in [-0.1, -0.05) is 36.4 Å². The summed E-state index contributed by atoms with van der Waals surface area (Å²) in [6.07, 6.45) is 4.25. The Morgan fingerprint density at radius 2 is 1.92 bits per heavy atom. The Labute approximate surface area is 79.9 Å². The summed E-state index contributed by atoms with van der Waals surface area (Å²) in [5, 5.41) is 0. The monoisotopic (exact) mass is 190 g/mol. The van der Waals surface area contributed by atoms with Gasteiger partial charge in [-0.15, -0.1) is 0 Å². The molecule has 1 nitrogen and oxygen atoms in total. The second-order valence-corrected chi connectivity index (χ2v) is 8.05. The van der Waals surface area contributed by atoms with Crippen molar-refractivity contribution >= 4 is 14.4 Å². The van der Waals surface area contributed by atoms with Crippen molar-refractivity contribution in [3.05, 3.63) is 41.5 Å². The highest BCUT2D eigenvalue weighted by molar-refractivity contribution is 6.72. The number of rotatable bonds is 1. The lowest BCUT2D eigenvalue weighted by atomic mass is 10.1. The van der Waals surface area contributed by atoms with E-state index >= 15 is 0 Å². The summed E-state index contributed by atoms with van der Waals surface area (Å²) in [5.41, 5.74) is 2.84. The van der Waals surface area contributed by atoms with E-state index in [4.69, 9.17) is 0 Å². The second-order valence-electron chi connectivity index (χ2n) is 4.12. The maximum atomic E-state index is 10.1. The van der Waals surface area contributed by atoms with E-state index < -0.39 is 8.32 Å². The molecule has 2 heteroatoms. The van der Waals surface area contributed by atoms with E-state index in [0.29, 0.717) is 0 Å². The molecule has 1 atom stereocenters. The maximum Gasteiger partial charge on any atom is 0.193 e. The highest BCUT2D eigenvalue weighted by Crippen LogP contribution is 2.35. The van der Waals surface area contributed by atoms with Crippen LogP contribution >= 0.6 is 0 Å². The first kappa shape index (κ1) is 8.72. The van der Waals surface area contributed by atoms with Gasteiger partial charge in [0.1, 0.15) is 0 Å². The van der Waals surface area contributed by atoms with Gasteiger partial charge in [-0.3, -0.25) is 0 Å². The minimum Gasteiger partial charge on any atom is -0.431 e. The molecule has 0 amide bonds. The molecule has 0 aromatic heterocycles. The van der Waals surface area contributed by atoms with Gasteiger partial charge in [0.05, 0.1) is 0 Å². The third kappa shape index (κ3) is 1.47. The average Bonchev–Trinajstić information content (AvgIpc) is 2.45. The van der Waals surface area contributed by atoms with Gasteiger partial charge in [0.2, 0.25) is 0 Å². The predicted molar refractivity (Wildman–Crippen MR) is 57.9 cm³/mol. The number of fused-ring (bicyclic) bond motifs is 1. The third-order valence-corrected chi connectivity index (χ3v) is 4.59. The molecule has 0 heterocycles. The van der Waals surface area contributed by atoms with Crippen LogP contribution in [0.1, 0.15) is 16.7 Å². The Balaban J connectivity index is 2.45. The van der Waals surface area contributed by atoms with Gasteiger partial charge >= 0.3 is 0 Å². The molecule has 0 bridgehead atoms. The van der Waals surface area contributed by atoms with Gasteiger partial charge in [0, 0.05) is 5.54 Å². The van der Waals surface area contributed by atoms with Crippen LogP contribution in [0, 0.1) is 0 Å². The molecule has 1 unspecified atom stereocenters. The smallest absolute Gasteiger partial charge is 0.193 e. The van der Waals surface area contributed by atoms with Crippen molar-refractivity contribution in [1.82, 2.24) is 0 Å². The van der Waals surface area contributed by atoms with Crippen molar-refractivity contribution in [2.24, 2.45) is 0 Å². The zero-order valence-electron chi connectivity index (χ0n) is 7.99. The number of benzene rings is 1. The quantitative estimate of drug-likeness (QED) is 0.675. The van der Waals surface area contributed by atoms with E-state index in [0.717, 1.165) is 0 Å². The molecule has 1 aromatic rings. The molecule has 1 aromatic carbocycles. The Morgan fingerprint density at radius 1 is 1.23 bits per heavy atom. The fraction of sp³-hybridized carbons (Fsp3) is 0.273. The molecule has 0 spiro atoms. The van der Waals surface area contributed by atoms with Crippen LogP contribution in [0.3, 0.4) is 0 Å². The Hall–Kier alpha value is -0.863. The zero-order chi connectivity index (χ0) is 9.47. The van der Waals surface area contributed by atoms with Crippen LogP contribution in [-0.2, 0) is 0 Å². The van der Waals surface area contributed by atoms with Gasteiger partial charge in [0.25, 0.3) is 0 Å². The number of hydrogen-bond donors (Lipinski definition) is 1. The Kier molecular flexibility index (Phi) is 1.89. The average molecular weight is 190 g/mol. The molecule has 0 radical (unpaired) electrons. The van der Waals surface area contributed by atoms with Gasteiger partial charge < -0.3 is 4.80 Å². The summed E-state index contributed by atoms with van der Waals surface area (Å²) in [6, 6.07) is 8.30. The first-order valence-electron chi connectivity index (χ1n) is 4.58. The lowest BCUT2D eigenvalue weighted by molar-refractivity contribution is 0.540. The van der Waals surface area contributed by atoms with E-state index in [1.165, 1.54) is 11.1 Å². The zero-order valence-corrected chi connectivity index (χ0v) is 8.99. The van der Waals surface area contributed by atoms with Gasteiger partial charge in [0.15, 0.2) is 8.32 Å². The minimum atomic E-state index is -2.06. The van der Waals surface area contributed by atoms with E-state index in [9.17, 15) is 4.80 Å². The molecule has 1 aliphatic carbocycles. The normalized spacial score (nSPS) is 20.4. The van der Waals surface area contributed by atoms with E-state index in [1.807, 2.05) is 25.2 Å². The molecular weight excluding hydrogens is 176 g/mol. The van der Waals surface area contributed by atoms with Gasteiger partial charge in [-0.25, -0.2) is 0 Å². The van der Waals surface area contributed by atoms with Crippen LogP contribution in [0.4, 0.5) is 0 Å². The maximum absolute atomic E-state index is 10.1. The number of allylic oxidation sites excluding steroid dienone is 1. The highest BCUT2D eigenvalue weighted by atomic mass is 28.4. The SMILES string of the molecule is C[Si](C)(O)C1C=Cc2ccccc21. The molecule has 68 valence electrons. The van der Waals surface area contributed by atoms with Crippen molar-refractivity contribution in [2.75, 3.05) is 0 Å². The van der Waals surface area contributed by atoms with Crippen LogP contribution in [0.2, 0.25) is 13.1 Å². The molecule has 0 aliphatic heterocycles. The second kappa shape index (κ2) is 2.82. The summed E-state index contributed by atoms with van der Waals surface area (Å²) < 4.78 is 0. The number of hydrogen-bond acceptors (Lipinski definition) is 1. The molecule has 1 N–H and O–H groups in total. The van der Waals surface area contributed by atoms with Crippen LogP contribution < -0.4 is 0 Å². The summed E-state index contributed by atoms with van der Waals surface area (Å²) in [7, 11) is -2.06. The van der Waals surface area contributed by atoms with Crippen molar-refractivity contribution in [3.8, 4) is 0 Å². The fourth-order valence-electron chi connectivity index (χ4n) is 1.87. The summed E-state index contributed by atoms with van der Waals surface area (Å²) in [6.45, 7) is 3.98. The molecule has 0 saturated heterocycles. The van der Waals surface area contributed by atoms with Crippen molar-refractivity contribution in [2.45, 2.75) is 18.6 Å². The summed E-state index contributed by atoms with van der Waals surface area (Å²) >= 11 is 0. The molecule has 0 fully saturated rings. The molecule has 1 aliphatic rings. The van der Waals surface area contributed by atoms with E-state index in [2.05, 4.69) is 24.3 Å². The largest absolute Gasteiger partial charge is 0.431 e. The van der Waals surface area contributed by atoms with Crippen LogP contribution in [0.15, 0.2) is 30.3 Å². The first-order chi connectivity index (χ1) is 6.09. The van der Waals surface area contributed by atoms with Crippen molar-refractivity contribution in [1.29, 1.82) is 0 Å². The first-order valence-corrected chi connectivity index (χ1v) is 7.61. The third-order valence-electron chi connectivity index (χ3n) is 2.56. The minimum absolute atomic E-state index is 0.281. The van der Waals surface area contributed by atoms with Crippen LogP contribution in [0.5, 0.6) is 0 Å². The Morgan fingerprint density at radius 3 is 2.62 bits per heavy atom. The standard InChI is InChI=1S/C11H14OSi/c1-13(2,12)11-8-7-9-5-3-4-6-10(9)11/h3-8,11-12H,1-2H3. The topological polar surface area (TPSA) is 20.2 Å². The Bertz CT molecular complexity index is 349. The van der Waals surface area contributed by atoms with Crippen LogP contribution in [-0.4, -0.2) is 13.1 Å². The molecular formula is C11H14OSi. The highest BCUT2D eigenvalue weighted by Gasteiger charge is 2.32. The van der Waals surface area contributed by atoms with Gasteiger partial charge in [-0.2, -0.15) is 0 Å². The summed E-state index contributed by atoms with van der Waals surface area (Å²) in [4.78, 5) is 10.1. The van der Waals surface area contributed by atoms with Crippen molar-refractivity contribution in [3.63, 3.8) is 0 Å². The van der Waals surface area contributed by atoms with Crippen LogP contribution in [0.25, 0.3) is 6.08 Å². The molecule has 2 rings (SSSR count). The fourth-order valence-corrected chi connectivity index (χ4v) is 3.46. The molecule has 13 heavy (non-hydrogen) atoms. The lowest BCUT2D eigenvalue weighted by Gasteiger charge is -2.22. The summed E-state index contributed by atoms with van der Waals surface area (Å²) in [5.74, 6) is 0. The van der Waals surface area contributed by atoms with E-state index in [-0.39, 0.29) is 5.54 Å². The van der Waals surface area contributed by atoms with E-state index in [1.54, 1.807) is 0 Å². The molecule has 0 saturated carbocycles. The predicted octanol–water partition coefficient (Wildman–Crippen LogP) is 2.53. The lowest BCUT2D eigenvalue weighted by Crippen LogP contribution is -2.33. The van der Waals surface area contributed by atoms with Gasteiger partial charge in [-0.05, 0) is 24.2 Å².